The van der Waals surface area contributed by atoms with E-state index in [1.807, 2.05) is 0 Å². The van der Waals surface area contributed by atoms with E-state index >= 15 is 0 Å². The molecule has 0 radical (unpaired) electrons. The van der Waals surface area contributed by atoms with Crippen molar-refractivity contribution in [2.75, 3.05) is 14.2 Å². The van der Waals surface area contributed by atoms with Crippen molar-refractivity contribution in [3.05, 3.63) is 57.1 Å². The van der Waals surface area contributed by atoms with Crippen molar-refractivity contribution in [2.45, 2.75) is 0 Å². The van der Waals surface area contributed by atoms with Gasteiger partial charge in [0.05, 0.1) is 24.7 Å². The maximum absolute atomic E-state index is 11.6. The Morgan fingerprint density at radius 2 is 1.95 bits per heavy atom. The SMILES string of the molecule is COC(=O)c1cccc(-c2cc(Cl)cc([N+](=O)[O-])c2OC)c1. The van der Waals surface area contributed by atoms with E-state index in [-0.39, 0.29) is 16.5 Å². The van der Waals surface area contributed by atoms with E-state index < -0.39 is 10.9 Å². The average molecular weight is 322 g/mol. The predicted octanol–water partition coefficient (Wildman–Crippen LogP) is 3.71. The first-order valence-corrected chi connectivity index (χ1v) is 6.56. The number of esters is 1. The molecule has 0 saturated heterocycles. The number of methoxy groups -OCH3 is 2. The molecule has 2 aromatic carbocycles. The fourth-order valence-corrected chi connectivity index (χ4v) is 2.29. The molecule has 2 aromatic rings. The summed E-state index contributed by atoms with van der Waals surface area (Å²) in [5, 5.41) is 11.3. The van der Waals surface area contributed by atoms with Crippen molar-refractivity contribution in [1.82, 2.24) is 0 Å². The lowest BCUT2D eigenvalue weighted by Gasteiger charge is -2.10. The highest BCUT2D eigenvalue weighted by Gasteiger charge is 2.21. The molecule has 0 fully saturated rings. The molecule has 22 heavy (non-hydrogen) atoms. The lowest BCUT2D eigenvalue weighted by atomic mass is 10.0. The summed E-state index contributed by atoms with van der Waals surface area (Å²) in [6.07, 6.45) is 0. The van der Waals surface area contributed by atoms with E-state index in [4.69, 9.17) is 16.3 Å². The number of hydrogen-bond donors (Lipinski definition) is 0. The van der Waals surface area contributed by atoms with Gasteiger partial charge in [0.1, 0.15) is 0 Å². The zero-order chi connectivity index (χ0) is 16.3. The van der Waals surface area contributed by atoms with Crippen LogP contribution in [0.25, 0.3) is 11.1 Å². The number of nitro benzene ring substituents is 1. The Bertz CT molecular complexity index is 745. The van der Waals surface area contributed by atoms with E-state index in [1.165, 1.54) is 20.3 Å². The van der Waals surface area contributed by atoms with Gasteiger partial charge < -0.3 is 9.47 Å². The Hall–Kier alpha value is -2.60. The number of hydrogen-bond acceptors (Lipinski definition) is 5. The predicted molar refractivity (Wildman–Crippen MR) is 81.4 cm³/mol. The number of benzene rings is 2. The summed E-state index contributed by atoms with van der Waals surface area (Å²) in [5.41, 5.74) is 1.07. The van der Waals surface area contributed by atoms with Gasteiger partial charge in [-0.05, 0) is 23.8 Å². The van der Waals surface area contributed by atoms with Gasteiger partial charge in [0, 0.05) is 16.7 Å². The van der Waals surface area contributed by atoms with Crippen molar-refractivity contribution >= 4 is 23.3 Å². The Morgan fingerprint density at radius 3 is 2.55 bits per heavy atom. The molecule has 0 atom stereocenters. The first-order valence-electron chi connectivity index (χ1n) is 6.18. The maximum atomic E-state index is 11.6. The molecular formula is C15H12ClNO5. The lowest BCUT2D eigenvalue weighted by molar-refractivity contribution is -0.385. The van der Waals surface area contributed by atoms with Crippen LogP contribution >= 0.6 is 11.6 Å². The molecular weight excluding hydrogens is 310 g/mol. The molecule has 114 valence electrons. The van der Waals surface area contributed by atoms with Crippen molar-refractivity contribution in [3.63, 3.8) is 0 Å². The largest absolute Gasteiger partial charge is 0.490 e. The van der Waals surface area contributed by atoms with E-state index in [1.54, 1.807) is 30.3 Å². The molecule has 0 saturated carbocycles. The first kappa shape index (κ1) is 15.8. The number of ether oxygens (including phenoxy) is 2. The smallest absolute Gasteiger partial charge is 0.337 e. The van der Waals surface area contributed by atoms with Crippen LogP contribution in [0.15, 0.2) is 36.4 Å². The standard InChI is InChI=1S/C15H12ClNO5/c1-21-14-12(7-11(16)8-13(14)17(19)20)9-4-3-5-10(6-9)15(18)22-2/h3-8H,1-2H3. The average Bonchev–Trinajstić information content (AvgIpc) is 2.53. The summed E-state index contributed by atoms with van der Waals surface area (Å²) in [6.45, 7) is 0. The molecule has 0 spiro atoms. The molecule has 0 bridgehead atoms. The van der Waals surface area contributed by atoms with Gasteiger partial charge in [0.2, 0.25) is 5.75 Å². The Kier molecular flexibility index (Phi) is 4.62. The van der Waals surface area contributed by atoms with Crippen LogP contribution in [0.3, 0.4) is 0 Å². The molecule has 0 heterocycles. The summed E-state index contributed by atoms with van der Waals surface area (Å²) in [5.74, 6) is -0.422. The lowest BCUT2D eigenvalue weighted by Crippen LogP contribution is -2.01. The number of nitro groups is 1. The third kappa shape index (κ3) is 3.01. The highest BCUT2D eigenvalue weighted by molar-refractivity contribution is 6.31. The van der Waals surface area contributed by atoms with Crippen LogP contribution in [-0.2, 0) is 4.74 Å². The molecule has 0 aliphatic heterocycles. The second-order valence-electron chi connectivity index (χ2n) is 4.34. The molecule has 0 N–H and O–H groups in total. The van der Waals surface area contributed by atoms with Gasteiger partial charge in [-0.1, -0.05) is 23.7 Å². The summed E-state index contributed by atoms with van der Waals surface area (Å²) in [7, 11) is 2.61. The van der Waals surface area contributed by atoms with Crippen molar-refractivity contribution in [1.29, 1.82) is 0 Å². The van der Waals surface area contributed by atoms with Gasteiger partial charge in [-0.3, -0.25) is 10.1 Å². The summed E-state index contributed by atoms with van der Waals surface area (Å²) in [4.78, 5) is 22.2. The monoisotopic (exact) mass is 321 g/mol. The van der Waals surface area contributed by atoms with Crippen LogP contribution in [0.5, 0.6) is 5.75 Å². The zero-order valence-electron chi connectivity index (χ0n) is 11.8. The van der Waals surface area contributed by atoms with Crippen molar-refractivity contribution in [3.8, 4) is 16.9 Å². The van der Waals surface area contributed by atoms with Crippen LogP contribution in [0, 0.1) is 10.1 Å². The summed E-state index contributed by atoms with van der Waals surface area (Å²) >= 11 is 5.95. The molecule has 6 nitrogen and oxygen atoms in total. The molecule has 0 aliphatic rings. The fraction of sp³-hybridized carbons (Fsp3) is 0.133. The zero-order valence-corrected chi connectivity index (χ0v) is 12.6. The van der Waals surface area contributed by atoms with Crippen LogP contribution in [0.2, 0.25) is 5.02 Å². The second kappa shape index (κ2) is 6.44. The van der Waals surface area contributed by atoms with Gasteiger partial charge in [0.25, 0.3) is 0 Å². The fourth-order valence-electron chi connectivity index (χ4n) is 2.08. The molecule has 2 rings (SSSR count). The van der Waals surface area contributed by atoms with Crippen LogP contribution < -0.4 is 4.74 Å². The number of halogens is 1. The normalized spacial score (nSPS) is 10.1. The third-order valence-electron chi connectivity index (χ3n) is 3.03. The quantitative estimate of drug-likeness (QED) is 0.487. The molecule has 0 unspecified atom stereocenters. The van der Waals surface area contributed by atoms with E-state index in [0.717, 1.165) is 0 Å². The molecule has 0 aliphatic carbocycles. The van der Waals surface area contributed by atoms with Gasteiger partial charge in [0.15, 0.2) is 0 Å². The van der Waals surface area contributed by atoms with Crippen LogP contribution in [-0.4, -0.2) is 25.1 Å². The molecule has 0 aromatic heterocycles. The van der Waals surface area contributed by atoms with Gasteiger partial charge >= 0.3 is 11.7 Å². The highest BCUT2D eigenvalue weighted by Crippen LogP contribution is 2.40. The minimum absolute atomic E-state index is 0.0800. The number of nitrogens with zero attached hydrogens (tertiary/aromatic N) is 1. The van der Waals surface area contributed by atoms with E-state index in [9.17, 15) is 14.9 Å². The minimum Gasteiger partial charge on any atom is -0.490 e. The van der Waals surface area contributed by atoms with Crippen molar-refractivity contribution in [2.24, 2.45) is 0 Å². The summed E-state index contributed by atoms with van der Waals surface area (Å²) in [6, 6.07) is 9.25. The minimum atomic E-state index is -0.571. The topological polar surface area (TPSA) is 78.7 Å². The number of carbonyl (C=O) groups excluding carboxylic acids is 1. The Morgan fingerprint density at radius 1 is 1.23 bits per heavy atom. The van der Waals surface area contributed by atoms with Crippen LogP contribution in [0.1, 0.15) is 10.4 Å². The van der Waals surface area contributed by atoms with Crippen LogP contribution in [0.4, 0.5) is 5.69 Å². The van der Waals surface area contributed by atoms with E-state index in [0.29, 0.717) is 16.7 Å². The Balaban J connectivity index is 2.66. The highest BCUT2D eigenvalue weighted by atomic mass is 35.5. The summed E-state index contributed by atoms with van der Waals surface area (Å²) < 4.78 is 9.82. The van der Waals surface area contributed by atoms with Gasteiger partial charge in [-0.25, -0.2) is 4.79 Å². The first-order chi connectivity index (χ1) is 10.5. The second-order valence-corrected chi connectivity index (χ2v) is 4.77. The maximum Gasteiger partial charge on any atom is 0.337 e. The number of carbonyl (C=O) groups is 1. The van der Waals surface area contributed by atoms with E-state index in [2.05, 4.69) is 4.74 Å². The third-order valence-corrected chi connectivity index (χ3v) is 3.25. The van der Waals surface area contributed by atoms with Gasteiger partial charge in [-0.2, -0.15) is 0 Å². The van der Waals surface area contributed by atoms with Crippen molar-refractivity contribution < 1.29 is 19.2 Å². The number of rotatable bonds is 4. The molecule has 0 amide bonds. The Labute approximate surface area is 131 Å². The molecule has 7 heteroatoms. The van der Waals surface area contributed by atoms with Gasteiger partial charge in [-0.15, -0.1) is 0 Å².